The van der Waals surface area contributed by atoms with Crippen molar-refractivity contribution in [2.45, 2.75) is 13.0 Å². The van der Waals surface area contributed by atoms with Gasteiger partial charge < -0.3 is 10.1 Å². The standard InChI is InChI=1S/C25H16N2O5S2/c1-13(32-25(31)19-12-34-24(27-19)14-9-10-33-11-14)23(30)26-18-8-4-7-17-20(18)22(29)16-6-3-2-5-15(16)21(17)28/h2-13H,1H3,(H,26,30). The fourth-order valence-electron chi connectivity index (χ4n) is 3.64. The van der Waals surface area contributed by atoms with Crippen molar-refractivity contribution in [1.29, 1.82) is 0 Å². The lowest BCUT2D eigenvalue weighted by molar-refractivity contribution is -0.123. The molecule has 34 heavy (non-hydrogen) atoms. The van der Waals surface area contributed by atoms with E-state index in [4.69, 9.17) is 4.74 Å². The van der Waals surface area contributed by atoms with E-state index in [0.717, 1.165) is 5.56 Å². The second kappa shape index (κ2) is 8.77. The quantitative estimate of drug-likeness (QED) is 0.356. The van der Waals surface area contributed by atoms with Gasteiger partial charge in [0.1, 0.15) is 5.01 Å². The van der Waals surface area contributed by atoms with E-state index in [9.17, 15) is 19.2 Å². The Morgan fingerprint density at radius 3 is 2.41 bits per heavy atom. The van der Waals surface area contributed by atoms with Gasteiger partial charge in [0, 0.05) is 33.0 Å². The molecular formula is C25H16N2O5S2. The van der Waals surface area contributed by atoms with Crippen LogP contribution >= 0.6 is 22.7 Å². The molecule has 1 unspecified atom stereocenters. The van der Waals surface area contributed by atoms with E-state index in [1.54, 1.807) is 41.8 Å². The average molecular weight is 489 g/mol. The Morgan fingerprint density at radius 1 is 0.941 bits per heavy atom. The normalized spacial score (nSPS) is 13.1. The van der Waals surface area contributed by atoms with Crippen molar-refractivity contribution in [3.63, 3.8) is 0 Å². The minimum absolute atomic E-state index is 0.111. The minimum atomic E-state index is -1.16. The molecule has 0 fully saturated rings. The summed E-state index contributed by atoms with van der Waals surface area (Å²) in [6.45, 7) is 1.43. The monoisotopic (exact) mass is 488 g/mol. The number of hydrogen-bond acceptors (Lipinski definition) is 8. The van der Waals surface area contributed by atoms with Crippen molar-refractivity contribution in [2.24, 2.45) is 0 Å². The van der Waals surface area contributed by atoms with Gasteiger partial charge in [-0.05, 0) is 24.4 Å². The summed E-state index contributed by atoms with van der Waals surface area (Å²) in [5.41, 5.74) is 2.16. The van der Waals surface area contributed by atoms with Gasteiger partial charge in [-0.1, -0.05) is 36.4 Å². The maximum atomic E-state index is 13.1. The summed E-state index contributed by atoms with van der Waals surface area (Å²) < 4.78 is 5.29. The van der Waals surface area contributed by atoms with Crippen LogP contribution in [0.25, 0.3) is 10.6 Å². The molecule has 0 aliphatic heterocycles. The predicted molar refractivity (Wildman–Crippen MR) is 129 cm³/mol. The highest BCUT2D eigenvalue weighted by atomic mass is 32.1. The van der Waals surface area contributed by atoms with E-state index in [2.05, 4.69) is 10.3 Å². The van der Waals surface area contributed by atoms with E-state index in [-0.39, 0.29) is 39.6 Å². The van der Waals surface area contributed by atoms with Crippen molar-refractivity contribution in [3.05, 3.63) is 92.6 Å². The van der Waals surface area contributed by atoms with Gasteiger partial charge in [-0.15, -0.1) is 11.3 Å². The lowest BCUT2D eigenvalue weighted by atomic mass is 9.83. The fourth-order valence-corrected chi connectivity index (χ4v) is 5.15. The van der Waals surface area contributed by atoms with Crippen LogP contribution in [0.3, 0.4) is 0 Å². The number of rotatable bonds is 5. The predicted octanol–water partition coefficient (Wildman–Crippen LogP) is 4.83. The van der Waals surface area contributed by atoms with Gasteiger partial charge in [0.25, 0.3) is 5.91 Å². The zero-order valence-corrected chi connectivity index (χ0v) is 19.4. The van der Waals surface area contributed by atoms with Crippen molar-refractivity contribution in [2.75, 3.05) is 5.32 Å². The summed E-state index contributed by atoms with van der Waals surface area (Å²) in [4.78, 5) is 55.5. The Kier molecular flexibility index (Phi) is 5.64. The number of ether oxygens (including phenoxy) is 1. The lowest BCUT2D eigenvalue weighted by Crippen LogP contribution is -2.31. The van der Waals surface area contributed by atoms with Crippen molar-refractivity contribution in [1.82, 2.24) is 4.98 Å². The first-order chi connectivity index (χ1) is 16.4. The summed E-state index contributed by atoms with van der Waals surface area (Å²) in [6, 6.07) is 13.1. The molecule has 0 bridgehead atoms. The van der Waals surface area contributed by atoms with E-state index in [1.807, 2.05) is 16.8 Å². The third-order valence-electron chi connectivity index (χ3n) is 5.34. The largest absolute Gasteiger partial charge is 0.448 e. The highest BCUT2D eigenvalue weighted by Crippen LogP contribution is 2.32. The van der Waals surface area contributed by atoms with Gasteiger partial charge in [0.15, 0.2) is 23.4 Å². The third-order valence-corrected chi connectivity index (χ3v) is 6.92. The number of nitrogens with one attached hydrogen (secondary N) is 1. The third kappa shape index (κ3) is 3.85. The number of thiazole rings is 1. The molecular weight excluding hydrogens is 472 g/mol. The summed E-state index contributed by atoms with van der Waals surface area (Å²) in [5, 5.41) is 8.74. The van der Waals surface area contributed by atoms with Crippen LogP contribution < -0.4 is 5.32 Å². The first-order valence-electron chi connectivity index (χ1n) is 10.3. The number of amides is 1. The molecule has 7 nitrogen and oxygen atoms in total. The second-order valence-electron chi connectivity index (χ2n) is 7.52. The molecule has 168 valence electrons. The van der Waals surface area contributed by atoms with Gasteiger partial charge in [-0.2, -0.15) is 11.3 Å². The van der Waals surface area contributed by atoms with Gasteiger partial charge in [0.05, 0.1) is 11.3 Å². The summed E-state index contributed by atoms with van der Waals surface area (Å²) in [5.74, 6) is -2.00. The SMILES string of the molecule is CC(OC(=O)c1csc(-c2ccsc2)n1)C(=O)Nc1cccc2c1C(=O)c1ccccc1C2=O. The summed E-state index contributed by atoms with van der Waals surface area (Å²) in [6.07, 6.45) is -1.16. The number of thiophene rings is 1. The zero-order chi connectivity index (χ0) is 23.8. The zero-order valence-electron chi connectivity index (χ0n) is 17.7. The van der Waals surface area contributed by atoms with E-state index in [1.165, 1.54) is 35.7 Å². The second-order valence-corrected chi connectivity index (χ2v) is 9.16. The number of esters is 1. The molecule has 1 aliphatic rings. The van der Waals surface area contributed by atoms with Crippen molar-refractivity contribution >= 4 is 51.8 Å². The van der Waals surface area contributed by atoms with Crippen LogP contribution in [0.5, 0.6) is 0 Å². The van der Waals surface area contributed by atoms with Crippen LogP contribution in [0, 0.1) is 0 Å². The molecule has 2 aromatic heterocycles. The fraction of sp³-hybridized carbons (Fsp3) is 0.0800. The number of nitrogens with zero attached hydrogens (tertiary/aromatic N) is 1. The molecule has 2 heterocycles. The smallest absolute Gasteiger partial charge is 0.358 e. The van der Waals surface area contributed by atoms with E-state index in [0.29, 0.717) is 10.6 Å². The molecule has 0 saturated carbocycles. The van der Waals surface area contributed by atoms with Crippen LogP contribution in [-0.2, 0) is 9.53 Å². The highest BCUT2D eigenvalue weighted by Gasteiger charge is 2.32. The van der Waals surface area contributed by atoms with E-state index >= 15 is 0 Å². The molecule has 1 aliphatic carbocycles. The molecule has 0 spiro atoms. The van der Waals surface area contributed by atoms with Gasteiger partial charge in [-0.25, -0.2) is 9.78 Å². The Morgan fingerprint density at radius 2 is 1.68 bits per heavy atom. The van der Waals surface area contributed by atoms with Crippen molar-refractivity contribution < 1.29 is 23.9 Å². The first kappa shape index (κ1) is 21.9. The molecule has 1 atom stereocenters. The molecule has 5 rings (SSSR count). The summed E-state index contributed by atoms with van der Waals surface area (Å²) in [7, 11) is 0. The topological polar surface area (TPSA) is 102 Å². The number of carbonyl (C=O) groups is 4. The van der Waals surface area contributed by atoms with Crippen molar-refractivity contribution in [3.8, 4) is 10.6 Å². The highest BCUT2D eigenvalue weighted by molar-refractivity contribution is 7.14. The molecule has 1 N–H and O–H groups in total. The Balaban J connectivity index is 1.33. The van der Waals surface area contributed by atoms with Crippen LogP contribution in [-0.4, -0.2) is 34.5 Å². The maximum absolute atomic E-state index is 13.1. The average Bonchev–Trinajstić information content (AvgIpc) is 3.54. The number of anilines is 1. The number of fused-ring (bicyclic) bond motifs is 2. The summed E-state index contributed by atoms with van der Waals surface area (Å²) >= 11 is 2.84. The van der Waals surface area contributed by atoms with Gasteiger partial charge in [-0.3, -0.25) is 14.4 Å². The lowest BCUT2D eigenvalue weighted by Gasteiger charge is -2.21. The van der Waals surface area contributed by atoms with E-state index < -0.39 is 18.0 Å². The van der Waals surface area contributed by atoms with Crippen LogP contribution in [0.2, 0.25) is 0 Å². The number of aromatic nitrogens is 1. The molecule has 0 radical (unpaired) electrons. The first-order valence-corrected chi connectivity index (χ1v) is 12.1. The maximum Gasteiger partial charge on any atom is 0.358 e. The van der Waals surface area contributed by atoms with Crippen LogP contribution in [0.4, 0.5) is 5.69 Å². The van der Waals surface area contributed by atoms with Crippen LogP contribution in [0.15, 0.2) is 64.7 Å². The number of benzene rings is 2. The number of carbonyl (C=O) groups excluding carboxylic acids is 4. The van der Waals surface area contributed by atoms with Gasteiger partial charge >= 0.3 is 5.97 Å². The molecule has 0 saturated heterocycles. The number of ketones is 2. The Hall–Kier alpha value is -3.95. The minimum Gasteiger partial charge on any atom is -0.448 e. The molecule has 4 aromatic rings. The molecule has 1 amide bonds. The van der Waals surface area contributed by atoms with Crippen LogP contribution in [0.1, 0.15) is 49.3 Å². The Labute approximate surface area is 202 Å². The molecule has 2 aromatic carbocycles. The molecule has 9 heteroatoms. The van der Waals surface area contributed by atoms with Gasteiger partial charge in [0.2, 0.25) is 0 Å². The Bertz CT molecular complexity index is 1460. The number of hydrogen-bond donors (Lipinski definition) is 1.